The third kappa shape index (κ3) is 3.38. The van der Waals surface area contributed by atoms with Crippen LogP contribution in [-0.4, -0.2) is 59.6 Å². The summed E-state index contributed by atoms with van der Waals surface area (Å²) in [6.45, 7) is 1.17. The average molecular weight is 396 g/mol. The van der Waals surface area contributed by atoms with Crippen molar-refractivity contribution in [3.8, 4) is 17.0 Å². The molecule has 0 radical (unpaired) electrons. The topological polar surface area (TPSA) is 70.5 Å². The lowest BCUT2D eigenvalue weighted by molar-refractivity contribution is 0.176. The molecule has 2 N–H and O–H groups in total. The van der Waals surface area contributed by atoms with Crippen molar-refractivity contribution in [3.63, 3.8) is 0 Å². The van der Waals surface area contributed by atoms with E-state index in [1.54, 1.807) is 18.5 Å². The Morgan fingerprint density at radius 1 is 1.24 bits per heavy atom. The van der Waals surface area contributed by atoms with Crippen molar-refractivity contribution in [2.75, 3.05) is 25.2 Å². The summed E-state index contributed by atoms with van der Waals surface area (Å²) in [4.78, 5) is 10.9. The van der Waals surface area contributed by atoms with Crippen molar-refractivity contribution < 1.29 is 14.2 Å². The van der Waals surface area contributed by atoms with E-state index in [4.69, 9.17) is 4.74 Å². The van der Waals surface area contributed by atoms with E-state index in [0.29, 0.717) is 36.3 Å². The quantitative estimate of drug-likeness (QED) is 0.828. The summed E-state index contributed by atoms with van der Waals surface area (Å²) in [5.74, 6) is 0.802. The summed E-state index contributed by atoms with van der Waals surface area (Å²) >= 11 is 0. The highest BCUT2D eigenvalue weighted by molar-refractivity contribution is 5.74. The lowest BCUT2D eigenvalue weighted by Gasteiger charge is -2.38. The zero-order valence-electron chi connectivity index (χ0n) is 16.4. The molecular weight excluding hydrogens is 371 g/mol. The highest BCUT2D eigenvalue weighted by Gasteiger charge is 2.43. The second-order valence-electron chi connectivity index (χ2n) is 8.14. The number of alkyl halides is 1. The monoisotopic (exact) mass is 396 g/mol. The number of aromatic hydroxyl groups is 1. The van der Waals surface area contributed by atoms with Gasteiger partial charge in [-0.1, -0.05) is 12.1 Å². The molecule has 1 aromatic carbocycles. The van der Waals surface area contributed by atoms with E-state index >= 15 is 0 Å². The SMILES string of the molecule is CN(c1cnc(-c2ccc(C3=CCOC3)cc2O)cn1)[C@H]1C[C@@H]2CC[C@@H](N2)[C@H]1F. The maximum atomic E-state index is 14.8. The van der Waals surface area contributed by atoms with Gasteiger partial charge in [-0.25, -0.2) is 9.37 Å². The Kier molecular flexibility index (Phi) is 4.72. The molecule has 5 rings (SSSR count). The van der Waals surface area contributed by atoms with Gasteiger partial charge in [-0.3, -0.25) is 4.98 Å². The summed E-state index contributed by atoms with van der Waals surface area (Å²) in [6, 6.07) is 5.68. The third-order valence-corrected chi connectivity index (χ3v) is 6.40. The van der Waals surface area contributed by atoms with Gasteiger partial charge in [0.25, 0.3) is 0 Å². The predicted octanol–water partition coefficient (Wildman–Crippen LogP) is 2.93. The standard InChI is InChI=1S/C22H25FN4O2/c1-27(19-9-15-3-5-17(26-15)22(19)23)21-11-24-18(10-25-21)16-4-2-13(8-20(16)28)14-6-7-29-12-14/h2,4,6,8,10-11,15,17,19,22,26,28H,3,5,7,9,12H2,1H3/t15-,17+,19-,22+/m0/s1. The van der Waals surface area contributed by atoms with Gasteiger partial charge < -0.3 is 20.1 Å². The Bertz CT molecular complexity index is 933. The van der Waals surface area contributed by atoms with Crippen LogP contribution in [0.3, 0.4) is 0 Å². The molecule has 0 unspecified atom stereocenters. The summed E-state index contributed by atoms with van der Waals surface area (Å²) in [6.07, 6.45) is 7.13. The zero-order chi connectivity index (χ0) is 20.0. The molecule has 1 aromatic heterocycles. The molecule has 2 saturated heterocycles. The van der Waals surface area contributed by atoms with Crippen LogP contribution in [0.5, 0.6) is 5.75 Å². The normalized spacial score (nSPS) is 28.4. The molecule has 0 aliphatic carbocycles. The fourth-order valence-corrected chi connectivity index (χ4v) is 4.70. The molecule has 152 valence electrons. The zero-order valence-corrected chi connectivity index (χ0v) is 16.4. The van der Waals surface area contributed by atoms with Gasteiger partial charge in [0.15, 0.2) is 0 Å². The van der Waals surface area contributed by atoms with Crippen molar-refractivity contribution >= 4 is 11.4 Å². The van der Waals surface area contributed by atoms with Crippen LogP contribution in [-0.2, 0) is 4.74 Å². The van der Waals surface area contributed by atoms with Crippen molar-refractivity contribution in [2.45, 2.75) is 43.6 Å². The minimum absolute atomic E-state index is 0.0516. The van der Waals surface area contributed by atoms with Crippen LogP contribution in [0.4, 0.5) is 10.2 Å². The summed E-state index contributed by atoms with van der Waals surface area (Å²) in [5, 5.41) is 13.8. The molecule has 6 nitrogen and oxygen atoms in total. The first-order valence-corrected chi connectivity index (χ1v) is 10.2. The van der Waals surface area contributed by atoms with Gasteiger partial charge in [0.2, 0.25) is 0 Å². The average Bonchev–Trinajstić information content (AvgIpc) is 3.41. The maximum Gasteiger partial charge on any atom is 0.147 e. The van der Waals surface area contributed by atoms with Gasteiger partial charge in [0.1, 0.15) is 17.7 Å². The second-order valence-corrected chi connectivity index (χ2v) is 8.14. The van der Waals surface area contributed by atoms with E-state index in [0.717, 1.165) is 30.4 Å². The van der Waals surface area contributed by atoms with E-state index in [2.05, 4.69) is 15.3 Å². The van der Waals surface area contributed by atoms with E-state index in [1.165, 1.54) is 0 Å². The van der Waals surface area contributed by atoms with E-state index in [1.807, 2.05) is 30.2 Å². The Balaban J connectivity index is 1.35. The Labute approximate surface area is 169 Å². The van der Waals surface area contributed by atoms with Crippen LogP contribution >= 0.6 is 0 Å². The highest BCUT2D eigenvalue weighted by Crippen LogP contribution is 2.34. The smallest absolute Gasteiger partial charge is 0.147 e. The molecule has 2 fully saturated rings. The Hall–Kier alpha value is -2.51. The first-order chi connectivity index (χ1) is 14.1. The molecule has 4 atom stereocenters. The first kappa shape index (κ1) is 18.5. The minimum Gasteiger partial charge on any atom is -0.507 e. The molecule has 7 heteroatoms. The number of phenols is 1. The number of halogens is 1. The summed E-state index contributed by atoms with van der Waals surface area (Å²) in [5.41, 5.74) is 3.23. The lowest BCUT2D eigenvalue weighted by Crippen LogP contribution is -2.55. The second kappa shape index (κ2) is 7.39. The number of nitrogens with one attached hydrogen (secondary N) is 1. The maximum absolute atomic E-state index is 14.8. The number of anilines is 1. The number of piperidine rings is 1. The van der Waals surface area contributed by atoms with Crippen LogP contribution in [0.25, 0.3) is 16.8 Å². The van der Waals surface area contributed by atoms with Gasteiger partial charge in [0.05, 0.1) is 37.3 Å². The third-order valence-electron chi connectivity index (χ3n) is 6.40. The van der Waals surface area contributed by atoms with Gasteiger partial charge in [0, 0.05) is 24.7 Å². The van der Waals surface area contributed by atoms with Crippen LogP contribution in [0.2, 0.25) is 0 Å². The van der Waals surface area contributed by atoms with E-state index in [-0.39, 0.29) is 17.8 Å². The summed E-state index contributed by atoms with van der Waals surface area (Å²) < 4.78 is 20.2. The van der Waals surface area contributed by atoms with E-state index < -0.39 is 6.17 Å². The Morgan fingerprint density at radius 2 is 2.14 bits per heavy atom. The molecule has 4 heterocycles. The number of hydrogen-bond acceptors (Lipinski definition) is 6. The van der Waals surface area contributed by atoms with Crippen molar-refractivity contribution in [3.05, 3.63) is 42.2 Å². The van der Waals surface area contributed by atoms with Gasteiger partial charge in [-0.15, -0.1) is 0 Å². The number of phenolic OH excluding ortho intramolecular Hbond substituents is 1. The number of nitrogens with zero attached hydrogens (tertiary/aromatic N) is 3. The molecule has 0 amide bonds. The molecule has 3 aliphatic heterocycles. The summed E-state index contributed by atoms with van der Waals surface area (Å²) in [7, 11) is 1.88. The number of aromatic nitrogens is 2. The van der Waals surface area contributed by atoms with Crippen molar-refractivity contribution in [1.29, 1.82) is 0 Å². The number of hydrogen-bond donors (Lipinski definition) is 2. The largest absolute Gasteiger partial charge is 0.507 e. The van der Waals surface area contributed by atoms with Crippen molar-refractivity contribution in [1.82, 2.24) is 15.3 Å². The minimum atomic E-state index is -0.911. The van der Waals surface area contributed by atoms with Gasteiger partial charge >= 0.3 is 0 Å². The van der Waals surface area contributed by atoms with Gasteiger partial charge in [-0.2, -0.15) is 0 Å². The fourth-order valence-electron chi connectivity index (χ4n) is 4.70. The molecule has 0 spiro atoms. The molecule has 0 saturated carbocycles. The number of fused-ring (bicyclic) bond motifs is 2. The van der Waals surface area contributed by atoms with E-state index in [9.17, 15) is 9.50 Å². The van der Waals surface area contributed by atoms with Crippen LogP contribution in [0.15, 0.2) is 36.7 Å². The highest BCUT2D eigenvalue weighted by atomic mass is 19.1. The number of ether oxygens (including phenoxy) is 1. The molecule has 3 aliphatic rings. The van der Waals surface area contributed by atoms with Crippen molar-refractivity contribution in [2.24, 2.45) is 0 Å². The molecule has 2 aromatic rings. The van der Waals surface area contributed by atoms with Crippen LogP contribution in [0.1, 0.15) is 24.8 Å². The number of benzene rings is 1. The Morgan fingerprint density at radius 3 is 2.86 bits per heavy atom. The van der Waals surface area contributed by atoms with Crippen LogP contribution < -0.4 is 10.2 Å². The first-order valence-electron chi connectivity index (χ1n) is 10.2. The fraction of sp³-hybridized carbons (Fsp3) is 0.455. The molecule has 2 bridgehead atoms. The lowest BCUT2D eigenvalue weighted by atomic mass is 9.96. The van der Waals surface area contributed by atoms with Crippen LogP contribution in [0, 0.1) is 0 Å². The number of rotatable bonds is 4. The molecular formula is C22H25FN4O2. The van der Waals surface area contributed by atoms with Gasteiger partial charge in [-0.05, 0) is 42.5 Å². The molecule has 29 heavy (non-hydrogen) atoms. The predicted molar refractivity (Wildman–Crippen MR) is 110 cm³/mol.